The molecule has 0 aliphatic carbocycles. The second-order valence-corrected chi connectivity index (χ2v) is 6.50. The van der Waals surface area contributed by atoms with Gasteiger partial charge in [0.05, 0.1) is 30.6 Å². The van der Waals surface area contributed by atoms with Crippen LogP contribution in [-0.2, 0) is 0 Å². The zero-order chi connectivity index (χ0) is 17.9. The summed E-state index contributed by atoms with van der Waals surface area (Å²) in [4.78, 5) is 32.6. The second-order valence-electron chi connectivity index (χ2n) is 6.50. The number of anilines is 1. The number of nitrogens with zero attached hydrogens (tertiary/aromatic N) is 6. The Bertz CT molecular complexity index is 724. The van der Waals surface area contributed by atoms with Gasteiger partial charge in [-0.1, -0.05) is 0 Å². The molecule has 0 spiro atoms. The molecule has 8 nitrogen and oxygen atoms in total. The van der Waals surface area contributed by atoms with Gasteiger partial charge in [0.2, 0.25) is 5.95 Å². The van der Waals surface area contributed by atoms with Crippen molar-refractivity contribution in [1.29, 1.82) is 0 Å². The molecular weight excluding hydrogens is 320 g/mol. The second kappa shape index (κ2) is 7.10. The van der Waals surface area contributed by atoms with Gasteiger partial charge in [-0.05, 0) is 25.8 Å². The van der Waals surface area contributed by atoms with Crippen molar-refractivity contribution >= 4 is 11.9 Å². The van der Waals surface area contributed by atoms with Gasteiger partial charge in [0.1, 0.15) is 5.69 Å². The molecule has 2 aromatic heterocycles. The molecule has 1 amide bonds. The van der Waals surface area contributed by atoms with E-state index in [2.05, 4.69) is 19.9 Å². The molecule has 0 bridgehead atoms. The Kier molecular flexibility index (Phi) is 4.89. The molecule has 1 atom stereocenters. The van der Waals surface area contributed by atoms with Crippen LogP contribution in [0.3, 0.4) is 0 Å². The average molecular weight is 342 g/mol. The predicted molar refractivity (Wildman–Crippen MR) is 92.2 cm³/mol. The number of aryl methyl sites for hydroxylation is 1. The standard InChI is InChI=1S/C17H22N6O2/c1-13-9-21-14(10-20-13)15(24)22(2)11-17(25)5-3-8-23(12-17)16-18-6-4-7-19-16/h4,6-7,9-10,25H,3,5,8,11-12H2,1-2H3/t17-/m1/s1. The van der Waals surface area contributed by atoms with E-state index in [1.165, 1.54) is 11.1 Å². The number of aromatic nitrogens is 4. The lowest BCUT2D eigenvalue weighted by Gasteiger charge is -2.41. The number of β-amino-alcohol motifs (C(OH)–C–C–N with tert-alkyl or cyclic N) is 1. The highest BCUT2D eigenvalue weighted by molar-refractivity contribution is 5.91. The van der Waals surface area contributed by atoms with Gasteiger partial charge in [0.25, 0.3) is 5.91 Å². The highest BCUT2D eigenvalue weighted by Crippen LogP contribution is 2.24. The molecule has 0 radical (unpaired) electrons. The number of amides is 1. The summed E-state index contributed by atoms with van der Waals surface area (Å²) < 4.78 is 0. The summed E-state index contributed by atoms with van der Waals surface area (Å²) in [6.07, 6.45) is 7.81. The molecule has 3 rings (SSSR count). The van der Waals surface area contributed by atoms with E-state index < -0.39 is 5.60 Å². The van der Waals surface area contributed by atoms with Crippen molar-refractivity contribution in [3.8, 4) is 0 Å². The number of rotatable bonds is 4. The highest BCUT2D eigenvalue weighted by atomic mass is 16.3. The molecule has 1 aliphatic heterocycles. The first-order chi connectivity index (χ1) is 12.0. The molecule has 0 aromatic carbocycles. The molecule has 1 aliphatic rings. The summed E-state index contributed by atoms with van der Waals surface area (Å²) in [6, 6.07) is 1.76. The highest BCUT2D eigenvalue weighted by Gasteiger charge is 2.36. The smallest absolute Gasteiger partial charge is 0.273 e. The number of aliphatic hydroxyl groups is 1. The fraction of sp³-hybridized carbons (Fsp3) is 0.471. The maximum Gasteiger partial charge on any atom is 0.273 e. The van der Waals surface area contributed by atoms with Gasteiger partial charge in [-0.15, -0.1) is 0 Å². The van der Waals surface area contributed by atoms with Crippen LogP contribution < -0.4 is 4.90 Å². The molecule has 1 N–H and O–H groups in total. The van der Waals surface area contributed by atoms with Crippen molar-refractivity contribution < 1.29 is 9.90 Å². The van der Waals surface area contributed by atoms with E-state index in [4.69, 9.17) is 0 Å². The summed E-state index contributed by atoms with van der Waals surface area (Å²) in [5.74, 6) is 0.341. The predicted octanol–water partition coefficient (Wildman–Crippen LogP) is 0.679. The van der Waals surface area contributed by atoms with Crippen LogP contribution in [0.25, 0.3) is 0 Å². The van der Waals surface area contributed by atoms with Gasteiger partial charge >= 0.3 is 0 Å². The van der Waals surface area contributed by atoms with Crippen LogP contribution >= 0.6 is 0 Å². The van der Waals surface area contributed by atoms with Crippen molar-refractivity contribution in [2.45, 2.75) is 25.4 Å². The zero-order valence-corrected chi connectivity index (χ0v) is 14.5. The fourth-order valence-electron chi connectivity index (χ4n) is 3.08. The van der Waals surface area contributed by atoms with Crippen molar-refractivity contribution in [1.82, 2.24) is 24.8 Å². The van der Waals surface area contributed by atoms with E-state index in [0.717, 1.165) is 18.7 Å². The van der Waals surface area contributed by atoms with Crippen LogP contribution in [0.15, 0.2) is 30.9 Å². The Labute approximate surface area is 146 Å². The van der Waals surface area contributed by atoms with Crippen LogP contribution in [0.2, 0.25) is 0 Å². The van der Waals surface area contributed by atoms with Crippen molar-refractivity contribution in [3.05, 3.63) is 42.2 Å². The van der Waals surface area contributed by atoms with Crippen LogP contribution in [-0.4, -0.2) is 68.1 Å². The molecule has 3 heterocycles. The van der Waals surface area contributed by atoms with Crippen molar-refractivity contribution in [2.75, 3.05) is 31.6 Å². The summed E-state index contributed by atoms with van der Waals surface area (Å²) in [6.45, 7) is 3.20. The van der Waals surface area contributed by atoms with Crippen molar-refractivity contribution in [3.63, 3.8) is 0 Å². The molecule has 1 saturated heterocycles. The van der Waals surface area contributed by atoms with Crippen LogP contribution in [0.4, 0.5) is 5.95 Å². The third kappa shape index (κ3) is 4.08. The van der Waals surface area contributed by atoms with Gasteiger partial charge < -0.3 is 14.9 Å². The minimum atomic E-state index is -1.01. The van der Waals surface area contributed by atoms with E-state index in [0.29, 0.717) is 18.9 Å². The molecule has 8 heteroatoms. The van der Waals surface area contributed by atoms with Gasteiger partial charge in [-0.3, -0.25) is 9.78 Å². The first kappa shape index (κ1) is 17.2. The quantitative estimate of drug-likeness (QED) is 0.873. The maximum absolute atomic E-state index is 12.5. The van der Waals surface area contributed by atoms with Crippen molar-refractivity contribution in [2.24, 2.45) is 0 Å². The number of likely N-dealkylation sites (N-methyl/N-ethyl adjacent to an activating group) is 1. The molecule has 2 aromatic rings. The third-order valence-corrected chi connectivity index (χ3v) is 4.27. The van der Waals surface area contributed by atoms with E-state index in [1.54, 1.807) is 31.7 Å². The van der Waals surface area contributed by atoms with Crippen LogP contribution in [0, 0.1) is 6.92 Å². The van der Waals surface area contributed by atoms with Gasteiger partial charge in [0.15, 0.2) is 0 Å². The van der Waals surface area contributed by atoms with Gasteiger partial charge in [-0.2, -0.15) is 0 Å². The zero-order valence-electron chi connectivity index (χ0n) is 14.5. The van der Waals surface area contributed by atoms with E-state index >= 15 is 0 Å². The Balaban J connectivity index is 1.68. The van der Waals surface area contributed by atoms with Crippen LogP contribution in [0.1, 0.15) is 29.0 Å². The Morgan fingerprint density at radius 3 is 2.72 bits per heavy atom. The average Bonchev–Trinajstić information content (AvgIpc) is 2.62. The topological polar surface area (TPSA) is 95.3 Å². The monoisotopic (exact) mass is 342 g/mol. The molecule has 132 valence electrons. The number of carbonyl (C=O) groups is 1. The molecule has 1 fully saturated rings. The van der Waals surface area contributed by atoms with E-state index in [-0.39, 0.29) is 18.1 Å². The number of hydrogen-bond donors (Lipinski definition) is 1. The Morgan fingerprint density at radius 2 is 2.04 bits per heavy atom. The molecular formula is C17H22N6O2. The Morgan fingerprint density at radius 1 is 1.28 bits per heavy atom. The third-order valence-electron chi connectivity index (χ3n) is 4.27. The normalized spacial score (nSPS) is 20.4. The summed E-state index contributed by atoms with van der Waals surface area (Å²) in [5, 5.41) is 11.0. The number of carbonyl (C=O) groups excluding carboxylic acids is 1. The first-order valence-corrected chi connectivity index (χ1v) is 8.25. The molecule has 0 saturated carbocycles. The largest absolute Gasteiger partial charge is 0.386 e. The number of piperidine rings is 1. The summed E-state index contributed by atoms with van der Waals surface area (Å²) in [7, 11) is 1.67. The summed E-state index contributed by atoms with van der Waals surface area (Å²) in [5.41, 5.74) is 0.0133. The molecule has 0 unspecified atom stereocenters. The summed E-state index contributed by atoms with van der Waals surface area (Å²) >= 11 is 0. The van der Waals surface area contributed by atoms with Crippen LogP contribution in [0.5, 0.6) is 0 Å². The minimum Gasteiger partial charge on any atom is -0.386 e. The van der Waals surface area contributed by atoms with E-state index in [9.17, 15) is 9.90 Å². The van der Waals surface area contributed by atoms with Gasteiger partial charge in [0, 0.05) is 32.2 Å². The minimum absolute atomic E-state index is 0.213. The SMILES string of the molecule is Cc1cnc(C(=O)N(C)C[C@]2(O)CCCN(c3ncccn3)C2)cn1. The van der Waals surface area contributed by atoms with Gasteiger partial charge in [-0.25, -0.2) is 15.0 Å². The Hall–Kier alpha value is -2.61. The lowest BCUT2D eigenvalue weighted by molar-refractivity contribution is -0.000454. The first-order valence-electron chi connectivity index (χ1n) is 8.25. The lowest BCUT2D eigenvalue weighted by Crippen LogP contribution is -2.55. The van der Waals surface area contributed by atoms with E-state index in [1.807, 2.05) is 11.8 Å². The molecule has 25 heavy (non-hydrogen) atoms. The lowest BCUT2D eigenvalue weighted by atomic mass is 9.92. The maximum atomic E-state index is 12.5. The fourth-order valence-corrected chi connectivity index (χ4v) is 3.08. The number of hydrogen-bond acceptors (Lipinski definition) is 7.